The summed E-state index contributed by atoms with van der Waals surface area (Å²) in [6.45, 7) is 3.78. The van der Waals surface area contributed by atoms with Gasteiger partial charge in [-0.05, 0) is 13.5 Å². The average Bonchev–Trinajstić information content (AvgIpc) is 2.67. The Labute approximate surface area is 90.9 Å². The van der Waals surface area contributed by atoms with Gasteiger partial charge < -0.3 is 14.6 Å². The Hall–Kier alpha value is -1.10. The van der Waals surface area contributed by atoms with E-state index in [1.54, 1.807) is 0 Å². The number of unbranched alkanes of at least 4 members (excludes halogenated alkanes) is 2. The zero-order valence-electron chi connectivity index (χ0n) is 9.79. The van der Waals surface area contributed by atoms with Gasteiger partial charge in [0.2, 0.25) is 5.89 Å². The van der Waals surface area contributed by atoms with Crippen molar-refractivity contribution in [3.63, 3.8) is 0 Å². The number of nitrogens with one attached hydrogen (secondary N) is 1. The number of anilines is 1. The highest BCUT2D eigenvalue weighted by Gasteiger charge is 2.09. The van der Waals surface area contributed by atoms with Crippen molar-refractivity contribution in [1.82, 2.24) is 15.5 Å². The van der Waals surface area contributed by atoms with Gasteiger partial charge in [0.1, 0.15) is 0 Å². The van der Waals surface area contributed by atoms with Crippen molar-refractivity contribution in [1.29, 1.82) is 0 Å². The molecule has 0 amide bonds. The predicted molar refractivity (Wildman–Crippen MR) is 59.9 cm³/mol. The lowest BCUT2D eigenvalue weighted by molar-refractivity contribution is 0.474. The first kappa shape index (κ1) is 12.0. The first-order valence-corrected chi connectivity index (χ1v) is 5.46. The second kappa shape index (κ2) is 6.40. The van der Waals surface area contributed by atoms with Crippen LogP contribution in [0.4, 0.5) is 6.01 Å². The molecular weight excluding hydrogens is 192 g/mol. The first-order valence-electron chi connectivity index (χ1n) is 5.46. The maximum atomic E-state index is 5.46. The van der Waals surface area contributed by atoms with Crippen molar-refractivity contribution in [2.45, 2.75) is 32.7 Å². The third kappa shape index (κ3) is 3.87. The summed E-state index contributed by atoms with van der Waals surface area (Å²) in [6, 6.07) is 0.608. The van der Waals surface area contributed by atoms with E-state index in [-0.39, 0.29) is 0 Å². The van der Waals surface area contributed by atoms with Crippen molar-refractivity contribution < 1.29 is 4.42 Å². The topological polar surface area (TPSA) is 54.2 Å². The molecule has 1 aromatic heterocycles. The van der Waals surface area contributed by atoms with Crippen LogP contribution in [0.25, 0.3) is 0 Å². The maximum absolute atomic E-state index is 5.46. The van der Waals surface area contributed by atoms with E-state index >= 15 is 0 Å². The van der Waals surface area contributed by atoms with E-state index in [4.69, 9.17) is 4.42 Å². The molecule has 0 fully saturated rings. The van der Waals surface area contributed by atoms with Gasteiger partial charge in [-0.3, -0.25) is 0 Å². The molecule has 0 aliphatic carbocycles. The van der Waals surface area contributed by atoms with Crippen LogP contribution < -0.4 is 10.2 Å². The number of hydrogen-bond donors (Lipinski definition) is 1. The molecule has 1 aromatic rings. The Morgan fingerprint density at radius 3 is 2.80 bits per heavy atom. The molecule has 15 heavy (non-hydrogen) atoms. The minimum Gasteiger partial charge on any atom is -0.407 e. The van der Waals surface area contributed by atoms with Crippen LogP contribution >= 0.6 is 0 Å². The normalized spacial score (nSPS) is 10.6. The van der Waals surface area contributed by atoms with Gasteiger partial charge in [0.15, 0.2) is 0 Å². The zero-order chi connectivity index (χ0) is 11.1. The van der Waals surface area contributed by atoms with Crippen molar-refractivity contribution in [2.75, 3.05) is 25.5 Å². The lowest BCUT2D eigenvalue weighted by atomic mass is 10.2. The van der Waals surface area contributed by atoms with Crippen molar-refractivity contribution in [3.05, 3.63) is 5.89 Å². The molecule has 0 atom stereocenters. The fourth-order valence-corrected chi connectivity index (χ4v) is 1.32. The van der Waals surface area contributed by atoms with E-state index in [0.29, 0.717) is 18.5 Å². The molecule has 0 unspecified atom stereocenters. The van der Waals surface area contributed by atoms with Crippen LogP contribution in [0.15, 0.2) is 4.42 Å². The molecule has 0 aliphatic rings. The van der Waals surface area contributed by atoms with Crippen LogP contribution in [0, 0.1) is 0 Å². The second-order valence-electron chi connectivity index (χ2n) is 3.64. The first-order chi connectivity index (χ1) is 7.27. The molecule has 1 heterocycles. The molecule has 5 nitrogen and oxygen atoms in total. The summed E-state index contributed by atoms with van der Waals surface area (Å²) in [5, 5.41) is 10.9. The van der Waals surface area contributed by atoms with Crippen LogP contribution in [-0.4, -0.2) is 30.8 Å². The summed E-state index contributed by atoms with van der Waals surface area (Å²) in [5.74, 6) is 0.634. The van der Waals surface area contributed by atoms with Gasteiger partial charge in [0, 0.05) is 13.6 Å². The monoisotopic (exact) mass is 212 g/mol. The van der Waals surface area contributed by atoms with Crippen molar-refractivity contribution >= 4 is 6.01 Å². The second-order valence-corrected chi connectivity index (χ2v) is 3.64. The van der Waals surface area contributed by atoms with E-state index < -0.39 is 0 Å². The molecule has 1 rings (SSSR count). The van der Waals surface area contributed by atoms with Gasteiger partial charge in [-0.2, -0.15) is 0 Å². The van der Waals surface area contributed by atoms with Gasteiger partial charge in [0.05, 0.1) is 6.54 Å². The van der Waals surface area contributed by atoms with Crippen LogP contribution in [0.2, 0.25) is 0 Å². The summed E-state index contributed by atoms with van der Waals surface area (Å²) < 4.78 is 5.46. The standard InChI is InChI=1S/C10H20N4O/c1-4-5-6-7-14(3)10-13-12-9(15-10)8-11-2/h11H,4-8H2,1-3H3. The fraction of sp³-hybridized carbons (Fsp3) is 0.800. The van der Waals surface area contributed by atoms with Gasteiger partial charge in [-0.1, -0.05) is 24.9 Å². The molecule has 0 radical (unpaired) electrons. The SMILES string of the molecule is CCCCCN(C)c1nnc(CNC)o1. The van der Waals surface area contributed by atoms with Crippen LogP contribution in [-0.2, 0) is 6.54 Å². The molecule has 0 saturated carbocycles. The fourth-order valence-electron chi connectivity index (χ4n) is 1.32. The summed E-state index contributed by atoms with van der Waals surface area (Å²) in [5.41, 5.74) is 0. The molecule has 5 heteroatoms. The van der Waals surface area contributed by atoms with E-state index in [1.165, 1.54) is 12.8 Å². The van der Waals surface area contributed by atoms with Crippen LogP contribution in [0.3, 0.4) is 0 Å². The van der Waals surface area contributed by atoms with Gasteiger partial charge in [0.25, 0.3) is 0 Å². The summed E-state index contributed by atoms with van der Waals surface area (Å²) in [6.07, 6.45) is 3.63. The summed E-state index contributed by atoms with van der Waals surface area (Å²) >= 11 is 0. The third-order valence-electron chi connectivity index (χ3n) is 2.21. The molecule has 1 N–H and O–H groups in total. The molecule has 0 bridgehead atoms. The van der Waals surface area contributed by atoms with E-state index in [1.807, 2.05) is 19.0 Å². The number of nitrogens with zero attached hydrogens (tertiary/aromatic N) is 3. The smallest absolute Gasteiger partial charge is 0.317 e. The molecule has 86 valence electrons. The number of rotatable bonds is 7. The Morgan fingerprint density at radius 2 is 2.13 bits per heavy atom. The highest BCUT2D eigenvalue weighted by molar-refractivity contribution is 5.21. The maximum Gasteiger partial charge on any atom is 0.317 e. The molecule has 0 aromatic carbocycles. The van der Waals surface area contributed by atoms with E-state index in [9.17, 15) is 0 Å². The third-order valence-corrected chi connectivity index (χ3v) is 2.21. The minimum atomic E-state index is 0.608. The largest absolute Gasteiger partial charge is 0.407 e. The lowest BCUT2D eigenvalue weighted by Gasteiger charge is -2.12. The Balaban J connectivity index is 2.39. The van der Waals surface area contributed by atoms with Crippen LogP contribution in [0.1, 0.15) is 32.1 Å². The van der Waals surface area contributed by atoms with E-state index in [0.717, 1.165) is 13.0 Å². The highest BCUT2D eigenvalue weighted by atomic mass is 16.4. The van der Waals surface area contributed by atoms with Crippen molar-refractivity contribution in [3.8, 4) is 0 Å². The predicted octanol–water partition coefficient (Wildman–Crippen LogP) is 1.42. The van der Waals surface area contributed by atoms with Crippen LogP contribution in [0.5, 0.6) is 0 Å². The molecule has 0 spiro atoms. The number of aromatic nitrogens is 2. The summed E-state index contributed by atoms with van der Waals surface area (Å²) in [4.78, 5) is 2.00. The summed E-state index contributed by atoms with van der Waals surface area (Å²) in [7, 11) is 3.83. The number of hydrogen-bond acceptors (Lipinski definition) is 5. The Morgan fingerprint density at radius 1 is 1.33 bits per heavy atom. The van der Waals surface area contributed by atoms with Gasteiger partial charge in [-0.25, -0.2) is 0 Å². The Bertz CT molecular complexity index is 274. The average molecular weight is 212 g/mol. The molecule has 0 saturated heterocycles. The highest BCUT2D eigenvalue weighted by Crippen LogP contribution is 2.11. The van der Waals surface area contributed by atoms with Gasteiger partial charge >= 0.3 is 6.01 Å². The minimum absolute atomic E-state index is 0.608. The molecular formula is C10H20N4O. The zero-order valence-corrected chi connectivity index (χ0v) is 9.79. The Kier molecular flexibility index (Phi) is 5.10. The quantitative estimate of drug-likeness (QED) is 0.693. The molecule has 0 aliphatic heterocycles. The van der Waals surface area contributed by atoms with Crippen molar-refractivity contribution in [2.24, 2.45) is 0 Å². The van der Waals surface area contributed by atoms with Gasteiger partial charge in [-0.15, -0.1) is 5.10 Å². The van der Waals surface area contributed by atoms with E-state index in [2.05, 4.69) is 22.4 Å². The lowest BCUT2D eigenvalue weighted by Crippen LogP contribution is -2.18.